The standard InChI is InChI=1S/C21H23AsNO3S/c1-3-25-21(24)10-7-15-14-27-19-13-17(8-9-18(15)19)26-12-11-16-5-4-6-20(22-2)23-16/h4-6,8-9,13-14H,3,7,10-12H2,1-2H3. The topological polar surface area (TPSA) is 48.4 Å². The van der Waals surface area contributed by atoms with Gasteiger partial charge in [0.25, 0.3) is 0 Å². The maximum atomic E-state index is 11.6. The molecule has 0 aliphatic carbocycles. The van der Waals surface area contributed by atoms with Crippen molar-refractivity contribution in [2.24, 2.45) is 0 Å². The van der Waals surface area contributed by atoms with Gasteiger partial charge in [-0.2, -0.15) is 0 Å². The second kappa shape index (κ2) is 9.91. The molecule has 1 aromatic carbocycles. The van der Waals surface area contributed by atoms with E-state index in [9.17, 15) is 4.79 Å². The summed E-state index contributed by atoms with van der Waals surface area (Å²) in [6.07, 6.45) is 1.94. The van der Waals surface area contributed by atoms with E-state index in [2.05, 4.69) is 46.4 Å². The molecule has 0 N–H and O–H groups in total. The van der Waals surface area contributed by atoms with E-state index in [0.29, 0.717) is 26.1 Å². The average Bonchev–Trinajstić information content (AvgIpc) is 3.09. The molecule has 0 spiro atoms. The van der Waals surface area contributed by atoms with Crippen molar-refractivity contribution in [3.8, 4) is 5.75 Å². The molecule has 2 heterocycles. The molecule has 27 heavy (non-hydrogen) atoms. The Morgan fingerprint density at radius 3 is 2.93 bits per heavy atom. The summed E-state index contributed by atoms with van der Waals surface area (Å²) in [4.78, 5) is 16.2. The van der Waals surface area contributed by atoms with Crippen LogP contribution in [0.25, 0.3) is 10.1 Å². The number of rotatable bonds is 9. The van der Waals surface area contributed by atoms with E-state index in [1.165, 1.54) is 20.1 Å². The molecule has 0 unspecified atom stereocenters. The van der Waals surface area contributed by atoms with E-state index in [1.807, 2.05) is 13.0 Å². The van der Waals surface area contributed by atoms with Gasteiger partial charge in [0.2, 0.25) is 0 Å². The molecule has 141 valence electrons. The molecule has 0 saturated heterocycles. The number of pyridine rings is 1. The zero-order valence-corrected chi connectivity index (χ0v) is 18.3. The molecule has 0 bridgehead atoms. The van der Waals surface area contributed by atoms with Gasteiger partial charge in [0.05, 0.1) is 6.61 Å². The molecule has 0 fully saturated rings. The molecule has 3 aromatic rings. The summed E-state index contributed by atoms with van der Waals surface area (Å²) in [5, 5.41) is 3.31. The van der Waals surface area contributed by atoms with E-state index in [1.54, 1.807) is 11.3 Å². The monoisotopic (exact) mass is 444 g/mol. The quantitative estimate of drug-likeness (QED) is 0.372. The predicted octanol–water partition coefficient (Wildman–Crippen LogP) is 3.79. The number of nitrogens with zero attached hydrogens (tertiary/aromatic N) is 1. The minimum atomic E-state index is -0.139. The van der Waals surface area contributed by atoms with Crippen LogP contribution in [0, 0.1) is 0 Å². The summed E-state index contributed by atoms with van der Waals surface area (Å²) in [7, 11) is 0. The second-order valence-corrected chi connectivity index (χ2v) is 8.84. The summed E-state index contributed by atoms with van der Waals surface area (Å²) in [5.74, 6) is 0.735. The molecule has 0 saturated carbocycles. The number of hydrogen-bond donors (Lipinski definition) is 0. The first kappa shape index (κ1) is 19.9. The Labute approximate surface area is 170 Å². The van der Waals surface area contributed by atoms with Gasteiger partial charge in [0, 0.05) is 6.42 Å². The molecule has 4 nitrogen and oxygen atoms in total. The molecule has 6 heteroatoms. The third-order valence-corrected chi connectivity index (χ3v) is 6.66. The average molecular weight is 444 g/mol. The van der Waals surface area contributed by atoms with Gasteiger partial charge >= 0.3 is 141 Å². The number of ether oxygens (including phenoxy) is 2. The number of carbonyl (C=O) groups is 1. The molecule has 0 aliphatic heterocycles. The molecule has 0 atom stereocenters. The molecule has 3 rings (SSSR count). The molecular weight excluding hydrogens is 421 g/mol. The normalized spacial score (nSPS) is 11.3. The molecular formula is C21H23AsNO3S. The Morgan fingerprint density at radius 2 is 2.11 bits per heavy atom. The zero-order chi connectivity index (χ0) is 19.1. The summed E-state index contributed by atoms with van der Waals surface area (Å²) in [6, 6.07) is 12.4. The van der Waals surface area contributed by atoms with Crippen molar-refractivity contribution >= 4 is 47.6 Å². The Bertz CT molecular complexity index is 909. The van der Waals surface area contributed by atoms with Crippen molar-refractivity contribution < 1.29 is 14.3 Å². The summed E-state index contributed by atoms with van der Waals surface area (Å²) in [6.45, 7) is 2.88. The fourth-order valence-corrected chi connectivity index (χ4v) is 4.82. The van der Waals surface area contributed by atoms with Crippen molar-refractivity contribution in [2.45, 2.75) is 31.9 Å². The number of aryl methyl sites for hydroxylation is 1. The van der Waals surface area contributed by atoms with Crippen LogP contribution in [0.4, 0.5) is 0 Å². The van der Waals surface area contributed by atoms with E-state index >= 15 is 0 Å². The minimum absolute atomic E-state index is 0.139. The summed E-state index contributed by atoms with van der Waals surface area (Å²) < 4.78 is 13.3. The Kier molecular flexibility index (Phi) is 7.31. The zero-order valence-electron chi connectivity index (χ0n) is 15.6. The fraction of sp³-hybridized carbons (Fsp3) is 0.333. The van der Waals surface area contributed by atoms with Crippen molar-refractivity contribution in [1.29, 1.82) is 0 Å². The number of hydrogen-bond acceptors (Lipinski definition) is 5. The predicted molar refractivity (Wildman–Crippen MR) is 111 cm³/mol. The third kappa shape index (κ3) is 5.57. The molecule has 0 aliphatic rings. The van der Waals surface area contributed by atoms with Gasteiger partial charge < -0.3 is 4.74 Å². The van der Waals surface area contributed by atoms with Gasteiger partial charge in [-0.25, -0.2) is 0 Å². The van der Waals surface area contributed by atoms with E-state index in [4.69, 9.17) is 9.47 Å². The van der Waals surface area contributed by atoms with E-state index < -0.39 is 0 Å². The molecule has 2 aromatic heterocycles. The van der Waals surface area contributed by atoms with Gasteiger partial charge in [0.15, 0.2) is 0 Å². The van der Waals surface area contributed by atoms with Crippen LogP contribution in [0.2, 0.25) is 5.71 Å². The van der Waals surface area contributed by atoms with Crippen LogP contribution in [0.15, 0.2) is 41.8 Å². The van der Waals surface area contributed by atoms with E-state index in [-0.39, 0.29) is 21.7 Å². The maximum absolute atomic E-state index is 11.6. The van der Waals surface area contributed by atoms with Gasteiger partial charge in [-0.3, -0.25) is 4.79 Å². The first-order valence-electron chi connectivity index (χ1n) is 9.04. The van der Waals surface area contributed by atoms with Gasteiger partial charge in [-0.15, -0.1) is 0 Å². The van der Waals surface area contributed by atoms with Crippen molar-refractivity contribution in [3.63, 3.8) is 0 Å². The van der Waals surface area contributed by atoms with Crippen molar-refractivity contribution in [1.82, 2.24) is 4.98 Å². The Hall–Kier alpha value is -1.84. The van der Waals surface area contributed by atoms with Gasteiger partial charge in [0.1, 0.15) is 0 Å². The molecule has 0 amide bonds. The van der Waals surface area contributed by atoms with Gasteiger partial charge in [-0.1, -0.05) is 0 Å². The number of carbonyl (C=O) groups excluding carboxylic acids is 1. The molecule has 1 radical (unpaired) electrons. The van der Waals surface area contributed by atoms with Crippen LogP contribution in [-0.2, 0) is 22.4 Å². The summed E-state index contributed by atoms with van der Waals surface area (Å²) >= 11 is 1.85. The SMILES string of the molecule is CCOC(=O)CCc1csc2cc(OCCc3cccc([As]C)n3)ccc12. The first-order chi connectivity index (χ1) is 13.2. The Balaban J connectivity index is 1.57. The van der Waals surface area contributed by atoms with Crippen LogP contribution in [0.3, 0.4) is 0 Å². The van der Waals surface area contributed by atoms with Gasteiger partial charge in [-0.05, 0) is 6.92 Å². The van der Waals surface area contributed by atoms with Crippen molar-refractivity contribution in [2.75, 3.05) is 13.2 Å². The van der Waals surface area contributed by atoms with Crippen molar-refractivity contribution in [3.05, 3.63) is 53.0 Å². The fourth-order valence-electron chi connectivity index (χ4n) is 2.82. The number of fused-ring (bicyclic) bond motifs is 1. The first-order valence-corrected chi connectivity index (χ1v) is 12.7. The number of thiophene rings is 1. The number of esters is 1. The van der Waals surface area contributed by atoms with Crippen LogP contribution in [0.5, 0.6) is 5.75 Å². The number of aromatic nitrogens is 1. The van der Waals surface area contributed by atoms with E-state index in [0.717, 1.165) is 17.9 Å². The second-order valence-electron chi connectivity index (χ2n) is 6.03. The Morgan fingerprint density at radius 1 is 1.22 bits per heavy atom. The van der Waals surface area contributed by atoms with Crippen LogP contribution < -0.4 is 9.22 Å². The summed E-state index contributed by atoms with van der Waals surface area (Å²) in [5.41, 5.74) is 4.48. The van der Waals surface area contributed by atoms with Crippen LogP contribution >= 0.6 is 11.3 Å². The van der Waals surface area contributed by atoms with Crippen LogP contribution in [0.1, 0.15) is 24.6 Å². The third-order valence-electron chi connectivity index (χ3n) is 4.18. The number of benzene rings is 1. The van der Waals surface area contributed by atoms with Crippen LogP contribution in [-0.4, -0.2) is 39.9 Å².